The third-order valence-corrected chi connectivity index (χ3v) is 5.91. The van der Waals surface area contributed by atoms with E-state index in [9.17, 15) is 14.4 Å². The van der Waals surface area contributed by atoms with Gasteiger partial charge in [-0.1, -0.05) is 64.5 Å². The molecule has 0 radical (unpaired) electrons. The van der Waals surface area contributed by atoms with E-state index in [1.54, 1.807) is 12.1 Å². The van der Waals surface area contributed by atoms with Crippen molar-refractivity contribution in [3.8, 4) is 11.1 Å². The van der Waals surface area contributed by atoms with Gasteiger partial charge in [-0.25, -0.2) is 4.79 Å². The molecule has 168 valence electrons. The molecule has 3 aromatic rings. The fourth-order valence-corrected chi connectivity index (χ4v) is 4.53. The summed E-state index contributed by atoms with van der Waals surface area (Å²) < 4.78 is 6.11. The molecule has 2 N–H and O–H groups in total. The highest BCUT2D eigenvalue weighted by Crippen LogP contribution is 2.44. The average molecular weight is 509 g/mol. The molecule has 1 aliphatic rings. The normalized spacial score (nSPS) is 11.9. The summed E-state index contributed by atoms with van der Waals surface area (Å²) in [4.78, 5) is 37.0. The molecule has 4 rings (SSSR count). The number of carbonyl (C=O) groups excluding carboxylic acids is 2. The number of ether oxygens (including phenoxy) is 1. The summed E-state index contributed by atoms with van der Waals surface area (Å²) in [5.41, 5.74) is 5.10. The third-order valence-electron chi connectivity index (χ3n) is 5.45. The van der Waals surface area contributed by atoms with Crippen LogP contribution in [0.3, 0.4) is 0 Å². The number of nitrogens with zero attached hydrogens (tertiary/aromatic N) is 1. The molecule has 7 nitrogen and oxygen atoms in total. The van der Waals surface area contributed by atoms with Gasteiger partial charge in [-0.05, 0) is 40.5 Å². The number of rotatable bonds is 6. The number of carbonyl (C=O) groups is 3. The monoisotopic (exact) mass is 508 g/mol. The maximum Gasteiger partial charge on any atom is 0.411 e. The first-order valence-corrected chi connectivity index (χ1v) is 11.0. The number of benzene rings is 3. The number of fused-ring (bicyclic) bond motifs is 3. The number of aliphatic carboxylic acids is 1. The lowest BCUT2D eigenvalue weighted by Crippen LogP contribution is -2.32. The molecular weight excluding hydrogens is 488 g/mol. The third kappa shape index (κ3) is 4.90. The summed E-state index contributed by atoms with van der Waals surface area (Å²) in [6.45, 7) is -0.262. The van der Waals surface area contributed by atoms with Crippen LogP contribution in [0.4, 0.5) is 10.5 Å². The Kier molecular flexibility index (Phi) is 6.46. The molecule has 0 saturated carbocycles. The molecule has 0 bridgehead atoms. The first kappa shape index (κ1) is 22.5. The zero-order valence-electron chi connectivity index (χ0n) is 17.7. The first-order valence-electron chi connectivity index (χ1n) is 10.2. The second-order valence-electron chi connectivity index (χ2n) is 7.73. The van der Waals surface area contributed by atoms with E-state index in [0.29, 0.717) is 10.2 Å². The van der Waals surface area contributed by atoms with E-state index >= 15 is 0 Å². The predicted octanol–water partition coefficient (Wildman–Crippen LogP) is 4.97. The van der Waals surface area contributed by atoms with Crippen molar-refractivity contribution in [3.05, 3.63) is 87.9 Å². The summed E-state index contributed by atoms with van der Waals surface area (Å²) in [6.07, 6.45) is -0.646. The van der Waals surface area contributed by atoms with Gasteiger partial charge in [-0.15, -0.1) is 0 Å². The quantitative estimate of drug-likeness (QED) is 0.490. The van der Waals surface area contributed by atoms with E-state index in [0.717, 1.165) is 27.2 Å². The van der Waals surface area contributed by atoms with Crippen LogP contribution < -0.4 is 5.32 Å². The number of nitrogens with one attached hydrogen (secondary N) is 1. The summed E-state index contributed by atoms with van der Waals surface area (Å²) >= 11 is 3.32. The number of carboxylic acids is 1. The molecule has 2 amide bonds. The highest BCUT2D eigenvalue weighted by Gasteiger charge is 2.29. The van der Waals surface area contributed by atoms with Crippen LogP contribution in [-0.2, 0) is 9.53 Å². The Balaban J connectivity index is 1.45. The van der Waals surface area contributed by atoms with Crippen LogP contribution in [0, 0.1) is 0 Å². The van der Waals surface area contributed by atoms with E-state index in [4.69, 9.17) is 9.84 Å². The zero-order valence-corrected chi connectivity index (χ0v) is 19.3. The van der Waals surface area contributed by atoms with Crippen molar-refractivity contribution >= 4 is 39.6 Å². The SMILES string of the molecule is CN(CC(=O)O)C(=O)c1cc(Br)cc(NC(=O)OCC2c3ccccc3-c3ccccc32)c1. The van der Waals surface area contributed by atoms with Crippen LogP contribution >= 0.6 is 15.9 Å². The largest absolute Gasteiger partial charge is 0.480 e. The van der Waals surface area contributed by atoms with Crippen LogP contribution in [0.1, 0.15) is 27.4 Å². The van der Waals surface area contributed by atoms with E-state index in [-0.39, 0.29) is 18.1 Å². The molecule has 0 spiro atoms. The minimum absolute atomic E-state index is 0.0625. The van der Waals surface area contributed by atoms with E-state index < -0.39 is 24.5 Å². The molecule has 0 atom stereocenters. The van der Waals surface area contributed by atoms with Gasteiger partial charge in [0.05, 0.1) is 0 Å². The lowest BCUT2D eigenvalue weighted by molar-refractivity contribution is -0.137. The first-order chi connectivity index (χ1) is 15.8. The van der Waals surface area contributed by atoms with Crippen molar-refractivity contribution < 1.29 is 24.2 Å². The van der Waals surface area contributed by atoms with Crippen LogP contribution in [-0.4, -0.2) is 48.2 Å². The molecule has 33 heavy (non-hydrogen) atoms. The van der Waals surface area contributed by atoms with Crippen molar-refractivity contribution in [2.75, 3.05) is 25.5 Å². The molecule has 3 aromatic carbocycles. The number of likely N-dealkylation sites (N-methyl/N-ethyl adjacent to an activating group) is 1. The van der Waals surface area contributed by atoms with Crippen molar-refractivity contribution in [2.24, 2.45) is 0 Å². The number of hydrogen-bond donors (Lipinski definition) is 2. The Morgan fingerprint density at radius 1 is 1.00 bits per heavy atom. The van der Waals surface area contributed by atoms with Crippen molar-refractivity contribution in [3.63, 3.8) is 0 Å². The minimum Gasteiger partial charge on any atom is -0.480 e. The van der Waals surface area contributed by atoms with Gasteiger partial charge in [0.2, 0.25) is 0 Å². The van der Waals surface area contributed by atoms with Crippen molar-refractivity contribution in [2.45, 2.75) is 5.92 Å². The highest BCUT2D eigenvalue weighted by molar-refractivity contribution is 9.10. The predicted molar refractivity (Wildman–Crippen MR) is 127 cm³/mol. The number of amides is 2. The Bertz CT molecular complexity index is 1200. The maximum atomic E-state index is 12.5. The molecular formula is C25H21BrN2O5. The Morgan fingerprint density at radius 2 is 1.61 bits per heavy atom. The second-order valence-corrected chi connectivity index (χ2v) is 8.65. The average Bonchev–Trinajstić information content (AvgIpc) is 3.10. The fourth-order valence-electron chi connectivity index (χ4n) is 4.03. The molecule has 1 aliphatic carbocycles. The van der Waals surface area contributed by atoms with Crippen molar-refractivity contribution in [1.29, 1.82) is 0 Å². The Hall–Kier alpha value is -3.65. The summed E-state index contributed by atoms with van der Waals surface area (Å²) in [7, 11) is 1.40. The van der Waals surface area contributed by atoms with Gasteiger partial charge in [0.15, 0.2) is 0 Å². The van der Waals surface area contributed by atoms with Gasteiger partial charge >= 0.3 is 12.1 Å². The molecule has 0 aromatic heterocycles. The highest BCUT2D eigenvalue weighted by atomic mass is 79.9. The maximum absolute atomic E-state index is 12.5. The number of hydrogen-bond acceptors (Lipinski definition) is 4. The van der Waals surface area contributed by atoms with Gasteiger partial charge in [0.1, 0.15) is 13.2 Å². The van der Waals surface area contributed by atoms with Gasteiger partial charge in [0, 0.05) is 28.7 Å². The Morgan fingerprint density at radius 3 is 2.21 bits per heavy atom. The van der Waals surface area contributed by atoms with E-state index in [1.807, 2.05) is 36.4 Å². The topological polar surface area (TPSA) is 95.9 Å². The molecule has 8 heteroatoms. The fraction of sp³-hybridized carbons (Fsp3) is 0.160. The van der Waals surface area contributed by atoms with E-state index in [1.165, 1.54) is 13.1 Å². The molecule has 0 aliphatic heterocycles. The van der Waals surface area contributed by atoms with Gasteiger partial charge in [0.25, 0.3) is 5.91 Å². The number of anilines is 1. The molecule has 0 unspecified atom stereocenters. The van der Waals surface area contributed by atoms with Crippen LogP contribution in [0.15, 0.2) is 71.2 Å². The lowest BCUT2D eigenvalue weighted by atomic mass is 9.98. The smallest absolute Gasteiger partial charge is 0.411 e. The van der Waals surface area contributed by atoms with Gasteiger partial charge < -0.3 is 14.7 Å². The van der Waals surface area contributed by atoms with Gasteiger partial charge in [-0.3, -0.25) is 14.9 Å². The second kappa shape index (κ2) is 9.46. The summed E-state index contributed by atoms with van der Waals surface area (Å²) in [5.74, 6) is -1.65. The summed E-state index contributed by atoms with van der Waals surface area (Å²) in [6, 6.07) is 20.8. The van der Waals surface area contributed by atoms with Crippen LogP contribution in [0.2, 0.25) is 0 Å². The lowest BCUT2D eigenvalue weighted by Gasteiger charge is -2.16. The standard InChI is InChI=1S/C25H21BrN2O5/c1-28(13-23(29)30)24(31)15-10-16(26)12-17(11-15)27-25(32)33-14-22-20-8-4-2-6-18(20)19-7-3-5-9-21(19)22/h2-12,22H,13-14H2,1H3,(H,27,32)(H,29,30). The molecule has 0 fully saturated rings. The van der Waals surface area contributed by atoms with Crippen LogP contribution in [0.25, 0.3) is 11.1 Å². The van der Waals surface area contributed by atoms with Crippen LogP contribution in [0.5, 0.6) is 0 Å². The van der Waals surface area contributed by atoms with E-state index in [2.05, 4.69) is 33.4 Å². The van der Waals surface area contributed by atoms with Gasteiger partial charge in [-0.2, -0.15) is 0 Å². The zero-order chi connectivity index (χ0) is 23.5. The molecule has 0 heterocycles. The van der Waals surface area contributed by atoms with Crippen molar-refractivity contribution in [1.82, 2.24) is 4.90 Å². The molecule has 0 saturated heterocycles. The number of carboxylic acid groups (broad SMARTS) is 1. The number of halogens is 1. The Labute approximate surface area is 199 Å². The summed E-state index contributed by atoms with van der Waals surface area (Å²) in [5, 5.41) is 11.6. The minimum atomic E-state index is -1.11.